The van der Waals surface area contributed by atoms with Gasteiger partial charge in [0.2, 0.25) is 11.8 Å². The van der Waals surface area contributed by atoms with Gasteiger partial charge in [0, 0.05) is 30.1 Å². The summed E-state index contributed by atoms with van der Waals surface area (Å²) in [6.07, 6.45) is 3.19. The van der Waals surface area contributed by atoms with Crippen molar-refractivity contribution < 1.29 is 18.8 Å². The molecule has 1 aliphatic rings. The fourth-order valence-corrected chi connectivity index (χ4v) is 4.84. The zero-order valence-corrected chi connectivity index (χ0v) is 21.2. The number of fused-ring (bicyclic) bond motifs is 1. The van der Waals surface area contributed by atoms with Crippen molar-refractivity contribution in [3.63, 3.8) is 0 Å². The fraction of sp³-hybridized carbons (Fsp3) is 0.129. The number of nitrogens with zero attached hydrogens (tertiary/aromatic N) is 4. The molecule has 0 N–H and O–H groups in total. The van der Waals surface area contributed by atoms with E-state index in [-0.39, 0.29) is 24.8 Å². The third kappa shape index (κ3) is 4.68. The number of rotatable bonds is 6. The lowest BCUT2D eigenvalue weighted by atomic mass is 10.1. The second-order valence-corrected chi connectivity index (χ2v) is 9.48. The van der Waals surface area contributed by atoms with Gasteiger partial charge in [-0.05, 0) is 67.1 Å². The Kier molecular flexibility index (Phi) is 6.20. The molecule has 2 aromatic heterocycles. The number of anilines is 1. The van der Waals surface area contributed by atoms with Gasteiger partial charge >= 0.3 is 0 Å². The highest BCUT2D eigenvalue weighted by Gasteiger charge is 2.44. The van der Waals surface area contributed by atoms with Crippen LogP contribution in [0.1, 0.15) is 27.9 Å². The summed E-state index contributed by atoms with van der Waals surface area (Å²) >= 11 is 0. The van der Waals surface area contributed by atoms with Crippen LogP contribution in [-0.2, 0) is 16.1 Å². The summed E-state index contributed by atoms with van der Waals surface area (Å²) in [5.41, 5.74) is 4.72. The summed E-state index contributed by atoms with van der Waals surface area (Å²) in [5.74, 6) is -0.680. The van der Waals surface area contributed by atoms with E-state index >= 15 is 0 Å². The number of aryl methyl sites for hydroxylation is 1. The monoisotopic (exact) mass is 516 g/mol. The molecule has 1 atom stereocenters. The maximum Gasteiger partial charge on any atom is 0.257 e. The number of hydrogen-bond donors (Lipinski definition) is 0. The minimum absolute atomic E-state index is 0.108. The van der Waals surface area contributed by atoms with Crippen LogP contribution in [0.2, 0.25) is 0 Å². The number of oxazole rings is 1. The van der Waals surface area contributed by atoms with E-state index in [2.05, 4.69) is 9.97 Å². The number of pyridine rings is 1. The molecule has 1 fully saturated rings. The van der Waals surface area contributed by atoms with Crippen molar-refractivity contribution in [2.24, 2.45) is 0 Å². The highest BCUT2D eigenvalue weighted by atomic mass is 16.3. The Morgan fingerprint density at radius 2 is 1.82 bits per heavy atom. The van der Waals surface area contributed by atoms with E-state index in [1.54, 1.807) is 60.9 Å². The van der Waals surface area contributed by atoms with E-state index in [0.717, 1.165) is 27.1 Å². The zero-order valence-electron chi connectivity index (χ0n) is 21.2. The molecule has 1 saturated heterocycles. The molecule has 1 aliphatic heterocycles. The normalized spacial score (nSPS) is 15.2. The molecular formula is C31H24N4O4. The van der Waals surface area contributed by atoms with Gasteiger partial charge in [0.05, 0.1) is 12.1 Å². The molecular weight excluding hydrogens is 492 g/mol. The summed E-state index contributed by atoms with van der Waals surface area (Å²) in [6.45, 7) is 2.05. The Hall–Kier alpha value is -5.11. The summed E-state index contributed by atoms with van der Waals surface area (Å²) in [7, 11) is 0. The van der Waals surface area contributed by atoms with Crippen LogP contribution >= 0.6 is 0 Å². The Morgan fingerprint density at radius 1 is 1.00 bits per heavy atom. The van der Waals surface area contributed by atoms with E-state index in [1.807, 2.05) is 43.3 Å². The van der Waals surface area contributed by atoms with Crippen LogP contribution in [-0.4, -0.2) is 38.6 Å². The number of imide groups is 1. The summed E-state index contributed by atoms with van der Waals surface area (Å²) < 4.78 is 5.84. The lowest BCUT2D eigenvalue weighted by molar-refractivity contribution is -0.122. The summed E-state index contributed by atoms with van der Waals surface area (Å²) in [4.78, 5) is 51.8. The molecule has 0 spiro atoms. The number of para-hydroxylation sites is 2. The molecule has 0 aliphatic carbocycles. The lowest BCUT2D eigenvalue weighted by Crippen LogP contribution is -2.45. The first-order valence-electron chi connectivity index (χ1n) is 12.6. The van der Waals surface area contributed by atoms with Crippen molar-refractivity contribution >= 4 is 34.5 Å². The molecule has 6 rings (SSSR count). The fourth-order valence-electron chi connectivity index (χ4n) is 4.84. The zero-order chi connectivity index (χ0) is 26.9. The van der Waals surface area contributed by atoms with Crippen LogP contribution in [0.5, 0.6) is 0 Å². The first-order valence-corrected chi connectivity index (χ1v) is 12.6. The number of aromatic nitrogens is 2. The molecule has 8 nitrogen and oxygen atoms in total. The van der Waals surface area contributed by atoms with Gasteiger partial charge in [0.15, 0.2) is 5.58 Å². The van der Waals surface area contributed by atoms with Gasteiger partial charge in [0.1, 0.15) is 11.6 Å². The molecule has 0 radical (unpaired) electrons. The molecule has 8 heteroatoms. The van der Waals surface area contributed by atoms with E-state index < -0.39 is 11.9 Å². The maximum absolute atomic E-state index is 13.7. The minimum atomic E-state index is -0.942. The highest BCUT2D eigenvalue weighted by Crippen LogP contribution is 2.31. The average molecular weight is 517 g/mol. The van der Waals surface area contributed by atoms with Gasteiger partial charge < -0.3 is 9.32 Å². The second-order valence-electron chi connectivity index (χ2n) is 9.48. The predicted octanol–water partition coefficient (Wildman–Crippen LogP) is 5.17. The van der Waals surface area contributed by atoms with Crippen molar-refractivity contribution in [3.05, 3.63) is 114 Å². The van der Waals surface area contributed by atoms with E-state index in [4.69, 9.17) is 4.42 Å². The Bertz CT molecular complexity index is 1660. The van der Waals surface area contributed by atoms with Crippen LogP contribution < -0.4 is 4.90 Å². The molecule has 0 saturated carbocycles. The summed E-state index contributed by atoms with van der Waals surface area (Å²) in [6, 6.07) is 24.3. The van der Waals surface area contributed by atoms with Crippen LogP contribution in [0.15, 0.2) is 102 Å². The van der Waals surface area contributed by atoms with Crippen LogP contribution in [0.25, 0.3) is 22.6 Å². The van der Waals surface area contributed by atoms with E-state index in [0.29, 0.717) is 22.7 Å². The van der Waals surface area contributed by atoms with E-state index in [9.17, 15) is 14.4 Å². The molecule has 1 unspecified atom stereocenters. The first kappa shape index (κ1) is 24.2. The molecule has 5 aromatic rings. The molecule has 192 valence electrons. The first-order chi connectivity index (χ1) is 19.0. The van der Waals surface area contributed by atoms with Crippen molar-refractivity contribution in [2.45, 2.75) is 25.9 Å². The predicted molar refractivity (Wildman–Crippen MR) is 146 cm³/mol. The van der Waals surface area contributed by atoms with Gasteiger partial charge in [-0.3, -0.25) is 19.4 Å². The number of amides is 3. The topological polar surface area (TPSA) is 96.6 Å². The Labute approximate surface area is 224 Å². The molecule has 0 bridgehead atoms. The molecule has 3 amide bonds. The number of benzene rings is 3. The maximum atomic E-state index is 13.7. The van der Waals surface area contributed by atoms with Gasteiger partial charge in [-0.25, -0.2) is 9.88 Å². The van der Waals surface area contributed by atoms with Gasteiger partial charge in [-0.2, -0.15) is 0 Å². The number of hydrogen-bond acceptors (Lipinski definition) is 6. The molecule has 3 heterocycles. The quantitative estimate of drug-likeness (QED) is 0.289. The van der Waals surface area contributed by atoms with Gasteiger partial charge in [-0.15, -0.1) is 0 Å². The molecule has 39 heavy (non-hydrogen) atoms. The third-order valence-electron chi connectivity index (χ3n) is 6.77. The Balaban J connectivity index is 1.29. The standard InChI is InChI=1S/C31H24N4O4/c1-20-6-4-8-23(16-20)30(37)34(19-21-7-5-15-32-18-21)26-17-28(36)35(31(26)38)24-13-11-22(12-14-24)29-33-25-9-2-3-10-27(25)39-29/h2-16,18,26H,17,19H2,1H3. The van der Waals surface area contributed by atoms with Gasteiger partial charge in [0.25, 0.3) is 11.8 Å². The van der Waals surface area contributed by atoms with Crippen molar-refractivity contribution in [1.82, 2.24) is 14.9 Å². The van der Waals surface area contributed by atoms with Crippen LogP contribution in [0, 0.1) is 6.92 Å². The van der Waals surface area contributed by atoms with Crippen molar-refractivity contribution in [1.29, 1.82) is 0 Å². The summed E-state index contributed by atoms with van der Waals surface area (Å²) in [5, 5.41) is 0. The van der Waals surface area contributed by atoms with Crippen molar-refractivity contribution in [3.8, 4) is 11.5 Å². The largest absolute Gasteiger partial charge is 0.436 e. The Morgan fingerprint density at radius 3 is 2.56 bits per heavy atom. The lowest BCUT2D eigenvalue weighted by Gasteiger charge is -2.28. The molecule has 3 aromatic carbocycles. The average Bonchev–Trinajstić information content (AvgIpc) is 3.52. The smallest absolute Gasteiger partial charge is 0.257 e. The van der Waals surface area contributed by atoms with Crippen LogP contribution in [0.4, 0.5) is 5.69 Å². The van der Waals surface area contributed by atoms with Gasteiger partial charge in [-0.1, -0.05) is 35.9 Å². The van der Waals surface area contributed by atoms with Crippen molar-refractivity contribution in [2.75, 3.05) is 4.90 Å². The van der Waals surface area contributed by atoms with Crippen LogP contribution in [0.3, 0.4) is 0 Å². The van der Waals surface area contributed by atoms with E-state index in [1.165, 1.54) is 4.90 Å². The number of carbonyl (C=O) groups is 3. The third-order valence-corrected chi connectivity index (χ3v) is 6.77. The SMILES string of the molecule is Cc1cccc(C(=O)N(Cc2cccnc2)C2CC(=O)N(c3ccc(-c4nc5ccccc5o4)cc3)C2=O)c1. The second kappa shape index (κ2) is 9.98. The highest BCUT2D eigenvalue weighted by molar-refractivity contribution is 6.23. The number of carbonyl (C=O) groups excluding carboxylic acids is 3. The minimum Gasteiger partial charge on any atom is -0.436 e.